The Labute approximate surface area is 141 Å². The van der Waals surface area contributed by atoms with E-state index in [4.69, 9.17) is 14.2 Å². The number of ether oxygens (including phenoxy) is 3. The number of rotatable bonds is 8. The molecule has 1 amide bonds. The summed E-state index contributed by atoms with van der Waals surface area (Å²) in [5.74, 6) is 2.05. The fraction of sp³-hybridized carbons (Fsp3) is 0.211. The molecule has 0 aliphatic carbocycles. The van der Waals surface area contributed by atoms with Crippen molar-refractivity contribution in [2.24, 2.45) is 0 Å². The minimum Gasteiger partial charge on any atom is -0.497 e. The van der Waals surface area contributed by atoms with Crippen molar-refractivity contribution in [2.45, 2.75) is 0 Å². The summed E-state index contributed by atoms with van der Waals surface area (Å²) in [6, 6.07) is 14.8. The van der Waals surface area contributed by atoms with Gasteiger partial charge in [0.1, 0.15) is 23.9 Å². The number of carbonyl (C=O) groups excluding carboxylic acids is 1. The molecule has 126 valence electrons. The predicted molar refractivity (Wildman–Crippen MR) is 93.5 cm³/mol. The average Bonchev–Trinajstić information content (AvgIpc) is 2.64. The number of carbonyl (C=O) groups is 1. The van der Waals surface area contributed by atoms with E-state index in [0.29, 0.717) is 13.2 Å². The molecule has 0 saturated carbocycles. The molecule has 0 aliphatic heterocycles. The van der Waals surface area contributed by atoms with Crippen LogP contribution in [0.5, 0.6) is 17.2 Å². The highest BCUT2D eigenvalue weighted by molar-refractivity contribution is 5.92. The second-order valence-electron chi connectivity index (χ2n) is 4.89. The molecule has 0 aromatic heterocycles. The summed E-state index contributed by atoms with van der Waals surface area (Å²) in [4.78, 5) is 11.8. The van der Waals surface area contributed by atoms with E-state index in [-0.39, 0.29) is 5.91 Å². The zero-order valence-electron chi connectivity index (χ0n) is 13.8. The second-order valence-corrected chi connectivity index (χ2v) is 4.89. The van der Waals surface area contributed by atoms with Crippen molar-refractivity contribution >= 4 is 12.0 Å². The lowest BCUT2D eigenvalue weighted by atomic mass is 10.2. The van der Waals surface area contributed by atoms with Crippen molar-refractivity contribution in [2.75, 3.05) is 27.4 Å². The van der Waals surface area contributed by atoms with Crippen LogP contribution in [0.4, 0.5) is 0 Å². The topological polar surface area (TPSA) is 56.8 Å². The van der Waals surface area contributed by atoms with Crippen LogP contribution in [0.2, 0.25) is 0 Å². The maximum atomic E-state index is 11.8. The lowest BCUT2D eigenvalue weighted by molar-refractivity contribution is -0.116. The Kier molecular flexibility index (Phi) is 6.71. The molecule has 0 unspecified atom stereocenters. The molecule has 2 aromatic rings. The van der Waals surface area contributed by atoms with Gasteiger partial charge in [-0.1, -0.05) is 18.2 Å². The van der Waals surface area contributed by atoms with Gasteiger partial charge in [-0.2, -0.15) is 0 Å². The smallest absolute Gasteiger partial charge is 0.244 e. The number of methoxy groups -OCH3 is 2. The van der Waals surface area contributed by atoms with E-state index in [2.05, 4.69) is 5.32 Å². The quantitative estimate of drug-likeness (QED) is 0.598. The summed E-state index contributed by atoms with van der Waals surface area (Å²) in [6.07, 6.45) is 3.20. The van der Waals surface area contributed by atoms with Crippen molar-refractivity contribution in [1.82, 2.24) is 5.32 Å². The van der Waals surface area contributed by atoms with Crippen LogP contribution in [0.1, 0.15) is 5.56 Å². The fourth-order valence-corrected chi connectivity index (χ4v) is 2.04. The van der Waals surface area contributed by atoms with Gasteiger partial charge in [-0.3, -0.25) is 4.79 Å². The Morgan fingerprint density at radius 2 is 1.71 bits per heavy atom. The molecule has 5 nitrogen and oxygen atoms in total. The third-order valence-electron chi connectivity index (χ3n) is 3.28. The summed E-state index contributed by atoms with van der Waals surface area (Å²) >= 11 is 0. The van der Waals surface area contributed by atoms with Gasteiger partial charge in [0.2, 0.25) is 5.91 Å². The molecule has 2 rings (SSSR count). The van der Waals surface area contributed by atoms with E-state index in [1.807, 2.05) is 48.5 Å². The summed E-state index contributed by atoms with van der Waals surface area (Å²) in [7, 11) is 3.22. The van der Waals surface area contributed by atoms with Gasteiger partial charge >= 0.3 is 0 Å². The second kappa shape index (κ2) is 9.25. The molecule has 0 aliphatic rings. The Hall–Kier alpha value is -2.95. The Morgan fingerprint density at radius 3 is 2.42 bits per heavy atom. The number of nitrogens with one attached hydrogen (secondary N) is 1. The Balaban J connectivity index is 1.73. The fourth-order valence-electron chi connectivity index (χ4n) is 2.04. The minimum atomic E-state index is -0.181. The molecule has 0 spiro atoms. The molecule has 0 saturated heterocycles. The van der Waals surface area contributed by atoms with Crippen molar-refractivity contribution in [3.05, 3.63) is 60.2 Å². The standard InChI is InChI=1S/C19H21NO4/c1-22-16-8-10-17(11-9-16)24-14-13-20-19(21)12-7-15-5-3-4-6-18(15)23-2/h3-12H,13-14H2,1-2H3,(H,20,21)/b12-7+. The SMILES string of the molecule is COc1ccc(OCCNC(=O)/C=C/c2ccccc2OC)cc1. The first-order valence-electron chi connectivity index (χ1n) is 7.58. The highest BCUT2D eigenvalue weighted by atomic mass is 16.5. The molecule has 1 N–H and O–H groups in total. The highest BCUT2D eigenvalue weighted by Gasteiger charge is 2.00. The molecule has 0 fully saturated rings. The maximum Gasteiger partial charge on any atom is 0.244 e. The number of para-hydroxylation sites is 1. The number of amides is 1. The van der Waals surface area contributed by atoms with Crippen molar-refractivity contribution in [3.63, 3.8) is 0 Å². The highest BCUT2D eigenvalue weighted by Crippen LogP contribution is 2.18. The number of benzene rings is 2. The van der Waals surface area contributed by atoms with Gasteiger partial charge in [0.15, 0.2) is 0 Å². The van der Waals surface area contributed by atoms with Gasteiger partial charge in [-0.25, -0.2) is 0 Å². The maximum absolute atomic E-state index is 11.8. The summed E-state index contributed by atoms with van der Waals surface area (Å²) in [5, 5.41) is 2.77. The van der Waals surface area contributed by atoms with Crippen LogP contribution in [0, 0.1) is 0 Å². The van der Waals surface area contributed by atoms with Gasteiger partial charge in [0.25, 0.3) is 0 Å². The zero-order valence-corrected chi connectivity index (χ0v) is 13.8. The van der Waals surface area contributed by atoms with Crippen molar-refractivity contribution < 1.29 is 19.0 Å². The zero-order chi connectivity index (χ0) is 17.2. The third kappa shape index (κ3) is 5.35. The van der Waals surface area contributed by atoms with Gasteiger partial charge in [0, 0.05) is 11.6 Å². The minimum absolute atomic E-state index is 0.181. The van der Waals surface area contributed by atoms with Crippen LogP contribution in [-0.4, -0.2) is 33.3 Å². The lowest BCUT2D eigenvalue weighted by Crippen LogP contribution is -2.26. The molecule has 0 heterocycles. The number of hydrogen-bond acceptors (Lipinski definition) is 4. The van der Waals surface area contributed by atoms with E-state index >= 15 is 0 Å². The first kappa shape index (κ1) is 17.4. The largest absolute Gasteiger partial charge is 0.497 e. The summed E-state index contributed by atoms with van der Waals surface area (Å²) in [5.41, 5.74) is 0.852. The van der Waals surface area contributed by atoms with Crippen LogP contribution in [0.15, 0.2) is 54.6 Å². The summed E-state index contributed by atoms with van der Waals surface area (Å²) in [6.45, 7) is 0.807. The molecule has 0 bridgehead atoms. The van der Waals surface area contributed by atoms with Gasteiger partial charge in [-0.05, 0) is 36.4 Å². The Morgan fingerprint density at radius 1 is 1.00 bits per heavy atom. The van der Waals surface area contributed by atoms with E-state index in [9.17, 15) is 4.79 Å². The van der Waals surface area contributed by atoms with Crippen LogP contribution >= 0.6 is 0 Å². The van der Waals surface area contributed by atoms with Crippen LogP contribution in [0.3, 0.4) is 0 Å². The average molecular weight is 327 g/mol. The Bertz CT molecular complexity index is 680. The van der Waals surface area contributed by atoms with E-state index in [1.54, 1.807) is 20.3 Å². The van der Waals surface area contributed by atoms with Crippen LogP contribution < -0.4 is 19.5 Å². The third-order valence-corrected chi connectivity index (χ3v) is 3.28. The van der Waals surface area contributed by atoms with Crippen molar-refractivity contribution in [1.29, 1.82) is 0 Å². The first-order valence-corrected chi connectivity index (χ1v) is 7.58. The van der Waals surface area contributed by atoms with E-state index in [1.165, 1.54) is 6.08 Å². The van der Waals surface area contributed by atoms with Crippen molar-refractivity contribution in [3.8, 4) is 17.2 Å². The van der Waals surface area contributed by atoms with Crippen LogP contribution in [-0.2, 0) is 4.79 Å². The lowest BCUT2D eigenvalue weighted by Gasteiger charge is -2.07. The molecule has 0 atom stereocenters. The van der Waals surface area contributed by atoms with E-state index < -0.39 is 0 Å². The molecular weight excluding hydrogens is 306 g/mol. The monoisotopic (exact) mass is 327 g/mol. The van der Waals surface area contributed by atoms with Crippen LogP contribution in [0.25, 0.3) is 6.08 Å². The van der Waals surface area contributed by atoms with Gasteiger partial charge in [-0.15, -0.1) is 0 Å². The normalized spacial score (nSPS) is 10.4. The number of hydrogen-bond donors (Lipinski definition) is 1. The molecule has 5 heteroatoms. The van der Waals surface area contributed by atoms with Gasteiger partial charge in [0.05, 0.1) is 20.8 Å². The molecule has 2 aromatic carbocycles. The predicted octanol–water partition coefficient (Wildman–Crippen LogP) is 2.91. The molecule has 0 radical (unpaired) electrons. The first-order chi connectivity index (χ1) is 11.7. The molecular formula is C19H21NO4. The van der Waals surface area contributed by atoms with Gasteiger partial charge < -0.3 is 19.5 Å². The molecule has 24 heavy (non-hydrogen) atoms. The summed E-state index contributed by atoms with van der Waals surface area (Å²) < 4.78 is 15.8. The van der Waals surface area contributed by atoms with E-state index in [0.717, 1.165) is 22.8 Å².